The lowest BCUT2D eigenvalue weighted by atomic mass is 10.1. The Hall–Kier alpha value is -1.86. The van der Waals surface area contributed by atoms with Gasteiger partial charge in [-0.05, 0) is 45.9 Å². The Morgan fingerprint density at radius 1 is 1.26 bits per heavy atom. The van der Waals surface area contributed by atoms with Crippen molar-refractivity contribution in [3.05, 3.63) is 46.8 Å². The zero-order valence-electron chi connectivity index (χ0n) is 16.6. The van der Waals surface area contributed by atoms with E-state index in [1.807, 2.05) is 49.7 Å². The first kappa shape index (κ1) is 19.9. The third-order valence-corrected chi connectivity index (χ3v) is 7.03. The summed E-state index contributed by atoms with van der Waals surface area (Å²) in [5, 5.41) is 4.64. The van der Waals surface area contributed by atoms with Crippen LogP contribution >= 0.6 is 0 Å². The highest BCUT2D eigenvalue weighted by molar-refractivity contribution is 7.91. The lowest BCUT2D eigenvalue weighted by Crippen LogP contribution is -2.24. The first-order valence-corrected chi connectivity index (χ1v) is 11.2. The molecule has 0 N–H and O–H groups in total. The number of nitrogens with zero attached hydrogens (tertiary/aromatic N) is 3. The molecule has 1 aliphatic heterocycles. The van der Waals surface area contributed by atoms with Crippen molar-refractivity contribution in [3.63, 3.8) is 0 Å². The van der Waals surface area contributed by atoms with E-state index in [4.69, 9.17) is 4.74 Å². The molecule has 3 rings (SSSR count). The molecule has 148 valence electrons. The predicted molar refractivity (Wildman–Crippen MR) is 107 cm³/mol. The van der Waals surface area contributed by atoms with Gasteiger partial charge in [0.25, 0.3) is 0 Å². The number of para-hydroxylation sites is 1. The highest BCUT2D eigenvalue weighted by Gasteiger charge is 2.31. The number of aryl methyl sites for hydroxylation is 2. The van der Waals surface area contributed by atoms with Crippen LogP contribution in [-0.4, -0.2) is 54.8 Å². The molecular formula is C20H29N3O3S. The van der Waals surface area contributed by atoms with E-state index >= 15 is 0 Å². The van der Waals surface area contributed by atoms with Gasteiger partial charge in [-0.15, -0.1) is 0 Å². The summed E-state index contributed by atoms with van der Waals surface area (Å²) in [4.78, 5) is 2.21. The van der Waals surface area contributed by atoms with Gasteiger partial charge in [0.1, 0.15) is 12.4 Å². The van der Waals surface area contributed by atoms with Crippen molar-refractivity contribution in [3.8, 4) is 5.75 Å². The van der Waals surface area contributed by atoms with Crippen LogP contribution in [0.15, 0.2) is 24.3 Å². The molecule has 1 aliphatic rings. The molecule has 0 saturated carbocycles. The fraction of sp³-hybridized carbons (Fsp3) is 0.550. The number of aromatic nitrogens is 2. The van der Waals surface area contributed by atoms with Gasteiger partial charge < -0.3 is 4.74 Å². The lowest BCUT2D eigenvalue weighted by Gasteiger charge is -2.18. The summed E-state index contributed by atoms with van der Waals surface area (Å²) in [6.45, 7) is 8.28. The Morgan fingerprint density at radius 2 is 2.00 bits per heavy atom. The Bertz CT molecular complexity index is 905. The Kier molecular flexibility index (Phi) is 5.91. The first-order valence-electron chi connectivity index (χ1n) is 9.39. The van der Waals surface area contributed by atoms with Gasteiger partial charge in [-0.3, -0.25) is 9.58 Å². The van der Waals surface area contributed by atoms with Gasteiger partial charge in [-0.2, -0.15) is 5.10 Å². The SMILES string of the molecule is Cc1ccccc1OCCN(C)Cc1c(C)nn([C@@H]2CCS(=O)(=O)C2)c1C. The van der Waals surface area contributed by atoms with Crippen molar-refractivity contribution >= 4 is 9.84 Å². The average Bonchev–Trinajstić information content (AvgIpc) is 3.10. The summed E-state index contributed by atoms with van der Waals surface area (Å²) >= 11 is 0. The minimum absolute atomic E-state index is 0.0304. The minimum Gasteiger partial charge on any atom is -0.492 e. The van der Waals surface area contributed by atoms with E-state index < -0.39 is 9.84 Å². The van der Waals surface area contributed by atoms with Crippen LogP contribution in [0.1, 0.15) is 35.0 Å². The van der Waals surface area contributed by atoms with Crippen molar-refractivity contribution in [1.29, 1.82) is 0 Å². The number of likely N-dealkylation sites (N-methyl/N-ethyl adjacent to an activating group) is 1. The largest absolute Gasteiger partial charge is 0.492 e. The van der Waals surface area contributed by atoms with Gasteiger partial charge in [-0.1, -0.05) is 18.2 Å². The summed E-state index contributed by atoms with van der Waals surface area (Å²) in [7, 11) is -0.850. The maximum atomic E-state index is 11.8. The number of hydrogen-bond donors (Lipinski definition) is 0. The maximum Gasteiger partial charge on any atom is 0.152 e. The topological polar surface area (TPSA) is 64.4 Å². The molecule has 0 unspecified atom stereocenters. The molecule has 1 saturated heterocycles. The second kappa shape index (κ2) is 8.02. The zero-order chi connectivity index (χ0) is 19.6. The number of ether oxygens (including phenoxy) is 1. The van der Waals surface area contributed by atoms with Crippen molar-refractivity contribution in [2.45, 2.75) is 39.8 Å². The highest BCUT2D eigenvalue weighted by Crippen LogP contribution is 2.27. The van der Waals surface area contributed by atoms with Crippen LogP contribution in [0.5, 0.6) is 5.75 Å². The third kappa shape index (κ3) is 4.71. The molecular weight excluding hydrogens is 362 g/mol. The Labute approximate surface area is 162 Å². The van der Waals surface area contributed by atoms with Gasteiger partial charge in [0.15, 0.2) is 9.84 Å². The summed E-state index contributed by atoms with van der Waals surface area (Å²) < 4.78 is 31.4. The van der Waals surface area contributed by atoms with E-state index in [0.717, 1.165) is 35.8 Å². The summed E-state index contributed by atoms with van der Waals surface area (Å²) in [5.74, 6) is 1.39. The zero-order valence-corrected chi connectivity index (χ0v) is 17.4. The molecule has 2 aromatic rings. The van der Waals surface area contributed by atoms with E-state index in [-0.39, 0.29) is 17.5 Å². The van der Waals surface area contributed by atoms with Crippen LogP contribution in [0.2, 0.25) is 0 Å². The fourth-order valence-corrected chi connectivity index (χ4v) is 5.32. The molecule has 7 heteroatoms. The molecule has 1 aromatic carbocycles. The van der Waals surface area contributed by atoms with Crippen molar-refractivity contribution < 1.29 is 13.2 Å². The van der Waals surface area contributed by atoms with Crippen LogP contribution in [0, 0.1) is 20.8 Å². The quantitative estimate of drug-likeness (QED) is 0.726. The monoisotopic (exact) mass is 391 g/mol. The smallest absolute Gasteiger partial charge is 0.152 e. The van der Waals surface area contributed by atoms with Crippen molar-refractivity contribution in [2.75, 3.05) is 31.7 Å². The second-order valence-electron chi connectivity index (χ2n) is 7.50. The third-order valence-electron chi connectivity index (χ3n) is 5.28. The molecule has 0 spiro atoms. The number of benzene rings is 1. The normalized spacial score (nSPS) is 18.9. The standard InChI is InChI=1S/C20H29N3O3S/c1-15-7-5-6-8-20(15)26-11-10-22(4)13-19-16(2)21-23(17(19)3)18-9-12-27(24,25)14-18/h5-8,18H,9-14H2,1-4H3/t18-/m1/s1. The van der Waals surface area contributed by atoms with Crippen molar-refractivity contribution in [1.82, 2.24) is 14.7 Å². The molecule has 1 aromatic heterocycles. The summed E-state index contributed by atoms with van der Waals surface area (Å²) in [5.41, 5.74) is 4.36. The van der Waals surface area contributed by atoms with Crippen LogP contribution in [0.25, 0.3) is 0 Å². The Morgan fingerprint density at radius 3 is 2.67 bits per heavy atom. The molecule has 0 amide bonds. The van der Waals surface area contributed by atoms with Crippen LogP contribution in [0.4, 0.5) is 0 Å². The first-order chi connectivity index (χ1) is 12.8. The number of rotatable bonds is 7. The van der Waals surface area contributed by atoms with Gasteiger partial charge in [0.2, 0.25) is 0 Å². The number of sulfone groups is 1. The average molecular weight is 392 g/mol. The van der Waals surface area contributed by atoms with Crippen LogP contribution in [0.3, 0.4) is 0 Å². The predicted octanol–water partition coefficient (Wildman–Crippen LogP) is 2.68. The van der Waals surface area contributed by atoms with Crippen molar-refractivity contribution in [2.24, 2.45) is 0 Å². The van der Waals surface area contributed by atoms with E-state index in [9.17, 15) is 8.42 Å². The molecule has 1 atom stereocenters. The highest BCUT2D eigenvalue weighted by atomic mass is 32.2. The van der Waals surface area contributed by atoms with E-state index in [1.165, 1.54) is 5.56 Å². The van der Waals surface area contributed by atoms with Crippen LogP contribution in [-0.2, 0) is 16.4 Å². The molecule has 0 aliphatic carbocycles. The number of hydrogen-bond acceptors (Lipinski definition) is 5. The minimum atomic E-state index is -2.92. The summed E-state index contributed by atoms with van der Waals surface area (Å²) in [6.07, 6.45) is 0.657. The molecule has 0 bridgehead atoms. The Balaban J connectivity index is 1.59. The van der Waals surface area contributed by atoms with E-state index in [2.05, 4.69) is 17.0 Å². The second-order valence-corrected chi connectivity index (χ2v) is 9.73. The maximum absolute atomic E-state index is 11.8. The molecule has 1 fully saturated rings. The fourth-order valence-electron chi connectivity index (χ4n) is 3.63. The van der Waals surface area contributed by atoms with Gasteiger partial charge >= 0.3 is 0 Å². The van der Waals surface area contributed by atoms with E-state index in [1.54, 1.807) is 0 Å². The molecule has 0 radical (unpaired) electrons. The molecule has 27 heavy (non-hydrogen) atoms. The molecule has 6 nitrogen and oxygen atoms in total. The van der Waals surface area contributed by atoms with Crippen LogP contribution < -0.4 is 4.74 Å². The summed E-state index contributed by atoms with van der Waals surface area (Å²) in [6, 6.07) is 7.99. The van der Waals surface area contributed by atoms with E-state index in [0.29, 0.717) is 13.0 Å². The van der Waals surface area contributed by atoms with Gasteiger partial charge in [0.05, 0.1) is 23.2 Å². The van der Waals surface area contributed by atoms with Gasteiger partial charge in [-0.25, -0.2) is 8.42 Å². The lowest BCUT2D eigenvalue weighted by molar-refractivity contribution is 0.231. The molecule has 2 heterocycles. The van der Waals surface area contributed by atoms with Gasteiger partial charge in [0, 0.05) is 24.3 Å².